The highest BCUT2D eigenvalue weighted by Gasteiger charge is 2.31. The smallest absolute Gasteiger partial charge is 0.350 e. The summed E-state index contributed by atoms with van der Waals surface area (Å²) in [4.78, 5) is 23.8. The van der Waals surface area contributed by atoms with E-state index in [9.17, 15) is 18.0 Å². The summed E-state index contributed by atoms with van der Waals surface area (Å²) in [7, 11) is -3.79. The van der Waals surface area contributed by atoms with Crippen LogP contribution in [0.1, 0.15) is 28.1 Å². The molecule has 0 radical (unpaired) electrons. The summed E-state index contributed by atoms with van der Waals surface area (Å²) in [6.07, 6.45) is 1.55. The van der Waals surface area contributed by atoms with Crippen LogP contribution >= 0.6 is 22.7 Å². The number of sulfonamides is 1. The van der Waals surface area contributed by atoms with Gasteiger partial charge in [0, 0.05) is 6.04 Å². The summed E-state index contributed by atoms with van der Waals surface area (Å²) in [5.41, 5.74) is 0.312. The molecule has 0 atom stereocenters. The van der Waals surface area contributed by atoms with E-state index in [1.807, 2.05) is 6.07 Å². The van der Waals surface area contributed by atoms with Crippen LogP contribution < -0.4 is 10.0 Å². The molecule has 0 saturated heterocycles. The third kappa shape index (κ3) is 4.28. The first-order valence-electron chi connectivity index (χ1n) is 7.45. The summed E-state index contributed by atoms with van der Waals surface area (Å²) in [5, 5.41) is 14.9. The van der Waals surface area contributed by atoms with Crippen molar-refractivity contribution < 1.29 is 22.7 Å². The van der Waals surface area contributed by atoms with Crippen molar-refractivity contribution in [2.75, 3.05) is 11.9 Å². The van der Waals surface area contributed by atoms with Crippen LogP contribution in [0.2, 0.25) is 0 Å². The average Bonchev–Trinajstić information content (AvgIpc) is 3.10. The van der Waals surface area contributed by atoms with Crippen LogP contribution in [-0.4, -0.2) is 32.9 Å². The van der Waals surface area contributed by atoms with E-state index in [2.05, 4.69) is 10.0 Å². The third-order valence-electron chi connectivity index (χ3n) is 3.38. The first-order chi connectivity index (χ1) is 12.4. The van der Waals surface area contributed by atoms with Crippen molar-refractivity contribution in [1.82, 2.24) is 4.72 Å². The molecule has 0 bridgehead atoms. The van der Waals surface area contributed by atoms with Crippen LogP contribution in [0.3, 0.4) is 0 Å². The Hall–Kier alpha value is -2.26. The highest BCUT2D eigenvalue weighted by molar-refractivity contribution is 7.89. The first kappa shape index (κ1) is 18.5. The van der Waals surface area contributed by atoms with Gasteiger partial charge in [0.1, 0.15) is 20.8 Å². The zero-order valence-corrected chi connectivity index (χ0v) is 15.7. The van der Waals surface area contributed by atoms with Gasteiger partial charge in [0.2, 0.25) is 10.0 Å². The molecule has 1 amide bonds. The number of hydrogen-bond acceptors (Lipinski definition) is 8. The number of carbonyl (C=O) groups is 2. The lowest BCUT2D eigenvalue weighted by atomic mass is 10.3. The Morgan fingerprint density at radius 2 is 2.00 bits per heavy atom. The number of esters is 1. The van der Waals surface area contributed by atoms with E-state index in [0.717, 1.165) is 24.2 Å². The molecule has 1 aliphatic rings. The van der Waals surface area contributed by atoms with Crippen LogP contribution in [0.25, 0.3) is 0 Å². The largest absolute Gasteiger partial charge is 0.451 e. The van der Waals surface area contributed by atoms with E-state index in [1.54, 1.807) is 11.4 Å². The standard InChI is InChI=1S/C15H13N3O5S3/c16-7-9-3-5-25-14(9)17-12(19)8-23-15(20)13-11(4-6-24-13)26(21,22)18-10-1-2-10/h3-6,10,18H,1-2,8H2,(H,17,19). The first-order valence-corrected chi connectivity index (χ1v) is 10.7. The maximum Gasteiger partial charge on any atom is 0.350 e. The Labute approximate surface area is 157 Å². The van der Waals surface area contributed by atoms with Crippen LogP contribution in [-0.2, 0) is 19.6 Å². The number of ether oxygens (including phenoxy) is 1. The Kier molecular flexibility index (Phi) is 5.38. The second-order valence-corrected chi connectivity index (χ2v) is 8.92. The monoisotopic (exact) mass is 411 g/mol. The van der Waals surface area contributed by atoms with Gasteiger partial charge in [-0.1, -0.05) is 0 Å². The maximum atomic E-state index is 12.3. The third-order valence-corrected chi connectivity index (χ3v) is 6.79. The van der Waals surface area contributed by atoms with Crippen LogP contribution in [0.4, 0.5) is 5.00 Å². The summed E-state index contributed by atoms with van der Waals surface area (Å²) >= 11 is 2.10. The quantitative estimate of drug-likeness (QED) is 0.671. The molecule has 1 aliphatic carbocycles. The van der Waals surface area contributed by atoms with Gasteiger partial charge in [0.15, 0.2) is 6.61 Å². The Morgan fingerprint density at radius 3 is 2.69 bits per heavy atom. The van der Waals surface area contributed by atoms with E-state index in [1.165, 1.54) is 22.8 Å². The summed E-state index contributed by atoms with van der Waals surface area (Å²) in [6, 6.07) is 4.73. The van der Waals surface area contributed by atoms with Gasteiger partial charge in [-0.3, -0.25) is 4.79 Å². The molecule has 2 N–H and O–H groups in total. The highest BCUT2D eigenvalue weighted by Crippen LogP contribution is 2.27. The van der Waals surface area contributed by atoms with Crippen LogP contribution in [0.5, 0.6) is 0 Å². The SMILES string of the molecule is N#Cc1ccsc1NC(=O)COC(=O)c1sccc1S(=O)(=O)NC1CC1. The molecule has 0 spiro atoms. The lowest BCUT2D eigenvalue weighted by Crippen LogP contribution is -2.27. The number of amides is 1. The second-order valence-electron chi connectivity index (χ2n) is 5.41. The summed E-state index contributed by atoms with van der Waals surface area (Å²) < 4.78 is 32.0. The molecule has 3 rings (SSSR count). The fourth-order valence-corrected chi connectivity index (χ4v) is 5.36. The van der Waals surface area contributed by atoms with Crippen molar-refractivity contribution in [3.63, 3.8) is 0 Å². The summed E-state index contributed by atoms with van der Waals surface area (Å²) in [5.74, 6) is -1.51. The molecule has 136 valence electrons. The number of carbonyl (C=O) groups excluding carboxylic acids is 2. The molecule has 11 heteroatoms. The minimum absolute atomic E-state index is 0.0835. The van der Waals surface area contributed by atoms with Crippen LogP contribution in [0, 0.1) is 11.3 Å². The average molecular weight is 411 g/mol. The van der Waals surface area contributed by atoms with E-state index < -0.39 is 28.5 Å². The molecule has 0 aliphatic heterocycles. The van der Waals surface area contributed by atoms with Crippen molar-refractivity contribution in [2.45, 2.75) is 23.8 Å². The van der Waals surface area contributed by atoms with Crippen molar-refractivity contribution in [1.29, 1.82) is 5.26 Å². The second kappa shape index (κ2) is 7.55. The predicted molar refractivity (Wildman–Crippen MR) is 95.6 cm³/mol. The van der Waals surface area contributed by atoms with Gasteiger partial charge in [-0.15, -0.1) is 22.7 Å². The van der Waals surface area contributed by atoms with Crippen molar-refractivity contribution in [3.8, 4) is 6.07 Å². The number of nitriles is 1. The fraction of sp³-hybridized carbons (Fsp3) is 0.267. The molecule has 2 aromatic heterocycles. The number of nitrogens with one attached hydrogen (secondary N) is 2. The molecule has 0 aromatic carbocycles. The molecular formula is C15H13N3O5S3. The molecule has 2 aromatic rings. The fourth-order valence-electron chi connectivity index (χ4n) is 2.00. The number of rotatable bonds is 7. The van der Waals surface area contributed by atoms with Crippen molar-refractivity contribution in [3.05, 3.63) is 33.3 Å². The minimum Gasteiger partial charge on any atom is -0.451 e. The lowest BCUT2D eigenvalue weighted by molar-refractivity contribution is -0.119. The normalized spacial score (nSPS) is 13.8. The number of hydrogen-bond donors (Lipinski definition) is 2. The molecule has 2 heterocycles. The van der Waals surface area contributed by atoms with Gasteiger partial charge >= 0.3 is 5.97 Å². The molecule has 8 nitrogen and oxygen atoms in total. The van der Waals surface area contributed by atoms with Gasteiger partial charge in [-0.2, -0.15) is 5.26 Å². The molecule has 26 heavy (non-hydrogen) atoms. The number of nitrogens with zero attached hydrogens (tertiary/aromatic N) is 1. The highest BCUT2D eigenvalue weighted by atomic mass is 32.2. The van der Waals surface area contributed by atoms with Crippen molar-refractivity contribution >= 4 is 49.6 Å². The Balaban J connectivity index is 1.61. The topological polar surface area (TPSA) is 125 Å². The van der Waals surface area contributed by atoms with Crippen LogP contribution in [0.15, 0.2) is 27.8 Å². The maximum absolute atomic E-state index is 12.3. The van der Waals surface area contributed by atoms with Gasteiger partial charge in [0.05, 0.1) is 5.56 Å². The minimum atomic E-state index is -3.79. The zero-order chi connectivity index (χ0) is 18.7. The van der Waals surface area contributed by atoms with Gasteiger partial charge in [0.25, 0.3) is 5.91 Å². The van der Waals surface area contributed by atoms with Gasteiger partial charge < -0.3 is 10.1 Å². The Bertz CT molecular complexity index is 982. The Morgan fingerprint density at radius 1 is 1.27 bits per heavy atom. The summed E-state index contributed by atoms with van der Waals surface area (Å²) in [6.45, 7) is -0.588. The molecule has 0 unspecified atom stereocenters. The van der Waals surface area contributed by atoms with Gasteiger partial charge in [-0.05, 0) is 35.7 Å². The molecular weight excluding hydrogens is 398 g/mol. The number of anilines is 1. The van der Waals surface area contributed by atoms with Gasteiger partial charge in [-0.25, -0.2) is 17.9 Å². The van der Waals surface area contributed by atoms with E-state index in [0.29, 0.717) is 10.6 Å². The predicted octanol–water partition coefficient (Wildman–Crippen LogP) is 1.92. The lowest BCUT2D eigenvalue weighted by Gasteiger charge is -2.07. The van der Waals surface area contributed by atoms with Crippen molar-refractivity contribution in [2.24, 2.45) is 0 Å². The molecule has 1 fully saturated rings. The molecule has 1 saturated carbocycles. The van der Waals surface area contributed by atoms with E-state index >= 15 is 0 Å². The van der Waals surface area contributed by atoms with E-state index in [-0.39, 0.29) is 15.8 Å². The van der Waals surface area contributed by atoms with E-state index in [4.69, 9.17) is 10.00 Å². The zero-order valence-electron chi connectivity index (χ0n) is 13.2. The number of thiophene rings is 2.